The van der Waals surface area contributed by atoms with Gasteiger partial charge in [-0.2, -0.15) is 0 Å². The van der Waals surface area contributed by atoms with Crippen LogP contribution < -0.4 is 0 Å². The molecule has 2 heterocycles. The van der Waals surface area contributed by atoms with Crippen LogP contribution in [0.15, 0.2) is 54.6 Å². The molecule has 0 amide bonds. The van der Waals surface area contributed by atoms with Crippen molar-refractivity contribution in [2.75, 3.05) is 65.7 Å². The van der Waals surface area contributed by atoms with Crippen LogP contribution in [0.4, 0.5) is 0 Å². The number of likely N-dealkylation sites (tertiary alicyclic amines) is 1. The van der Waals surface area contributed by atoms with E-state index in [0.29, 0.717) is 13.2 Å². The van der Waals surface area contributed by atoms with Crippen molar-refractivity contribution in [3.63, 3.8) is 0 Å². The Hall–Kier alpha value is -1.50. The molecule has 1 aromatic rings. The molecule has 2 aliphatic heterocycles. The third-order valence-electron chi connectivity index (χ3n) is 6.70. The summed E-state index contributed by atoms with van der Waals surface area (Å²) >= 11 is 0. The molecular formula is C27H40N2O3. The van der Waals surface area contributed by atoms with Crippen LogP contribution in [0.2, 0.25) is 0 Å². The maximum absolute atomic E-state index is 6.38. The van der Waals surface area contributed by atoms with Gasteiger partial charge in [-0.05, 0) is 56.5 Å². The number of nitrogens with zero attached hydrogens (tertiary/aromatic N) is 2. The van der Waals surface area contributed by atoms with Gasteiger partial charge in [0.15, 0.2) is 0 Å². The van der Waals surface area contributed by atoms with Gasteiger partial charge in [0.1, 0.15) is 0 Å². The molecule has 32 heavy (non-hydrogen) atoms. The van der Waals surface area contributed by atoms with Crippen LogP contribution in [0, 0.1) is 0 Å². The first-order valence-electron chi connectivity index (χ1n) is 12.6. The van der Waals surface area contributed by atoms with Crippen molar-refractivity contribution in [1.29, 1.82) is 0 Å². The number of hydrogen-bond acceptors (Lipinski definition) is 5. The summed E-state index contributed by atoms with van der Waals surface area (Å²) in [5.41, 5.74) is 1.30. The first kappa shape index (κ1) is 23.7. The second-order valence-electron chi connectivity index (χ2n) is 9.14. The average molecular weight is 441 g/mol. The van der Waals surface area contributed by atoms with E-state index >= 15 is 0 Å². The summed E-state index contributed by atoms with van der Waals surface area (Å²) in [5.74, 6) is -0.462. The summed E-state index contributed by atoms with van der Waals surface area (Å²) in [4.78, 5) is 5.03. The van der Waals surface area contributed by atoms with Gasteiger partial charge < -0.3 is 19.1 Å². The van der Waals surface area contributed by atoms with E-state index in [9.17, 15) is 0 Å². The van der Waals surface area contributed by atoms with Gasteiger partial charge in [-0.1, -0.05) is 48.9 Å². The van der Waals surface area contributed by atoms with Gasteiger partial charge in [-0.15, -0.1) is 0 Å². The Labute approximate surface area is 194 Å². The van der Waals surface area contributed by atoms with Gasteiger partial charge >= 0.3 is 0 Å². The predicted octanol–water partition coefficient (Wildman–Crippen LogP) is 4.22. The van der Waals surface area contributed by atoms with Crippen LogP contribution >= 0.6 is 0 Å². The number of allylic oxidation sites excluding steroid dienone is 2. The van der Waals surface area contributed by atoms with Crippen molar-refractivity contribution in [2.24, 2.45) is 0 Å². The highest BCUT2D eigenvalue weighted by Gasteiger charge is 2.29. The first-order chi connectivity index (χ1) is 15.8. The predicted molar refractivity (Wildman–Crippen MR) is 129 cm³/mol. The zero-order chi connectivity index (χ0) is 21.9. The van der Waals surface area contributed by atoms with E-state index in [-0.39, 0.29) is 5.92 Å². The maximum Gasteiger partial charge on any atom is 0.207 e. The van der Waals surface area contributed by atoms with Crippen molar-refractivity contribution < 1.29 is 14.2 Å². The summed E-state index contributed by atoms with van der Waals surface area (Å²) in [6, 6.07) is 10.6. The molecule has 1 aromatic carbocycles. The molecule has 0 bridgehead atoms. The van der Waals surface area contributed by atoms with E-state index in [1.807, 2.05) is 0 Å². The lowest BCUT2D eigenvalue weighted by molar-refractivity contribution is -0.174. The Morgan fingerprint density at radius 3 is 2.00 bits per heavy atom. The monoisotopic (exact) mass is 440 g/mol. The van der Waals surface area contributed by atoms with Crippen molar-refractivity contribution >= 4 is 0 Å². The van der Waals surface area contributed by atoms with Crippen LogP contribution in [0.5, 0.6) is 0 Å². The summed E-state index contributed by atoms with van der Waals surface area (Å²) in [6.45, 7) is 9.78. The van der Waals surface area contributed by atoms with Crippen molar-refractivity contribution in [1.82, 2.24) is 9.80 Å². The third-order valence-corrected chi connectivity index (χ3v) is 6.70. The van der Waals surface area contributed by atoms with E-state index in [2.05, 4.69) is 64.4 Å². The number of benzene rings is 1. The highest BCUT2D eigenvalue weighted by Crippen LogP contribution is 2.30. The number of rotatable bonds is 11. The molecule has 0 aromatic heterocycles. The van der Waals surface area contributed by atoms with E-state index in [4.69, 9.17) is 14.2 Å². The minimum absolute atomic E-state index is 0.276. The fraction of sp³-hybridized carbons (Fsp3) is 0.630. The minimum atomic E-state index is -0.738. The normalized spacial score (nSPS) is 27.1. The van der Waals surface area contributed by atoms with Gasteiger partial charge in [-0.3, -0.25) is 4.90 Å². The van der Waals surface area contributed by atoms with Crippen LogP contribution in [-0.4, -0.2) is 81.3 Å². The maximum atomic E-state index is 6.38. The topological polar surface area (TPSA) is 34.2 Å². The number of hydrogen-bond donors (Lipinski definition) is 0. The van der Waals surface area contributed by atoms with Crippen molar-refractivity contribution in [3.8, 4) is 0 Å². The number of morpholine rings is 1. The highest BCUT2D eigenvalue weighted by atomic mass is 16.7. The highest BCUT2D eigenvalue weighted by molar-refractivity contribution is 5.34. The van der Waals surface area contributed by atoms with Crippen LogP contribution in [0.1, 0.15) is 43.6 Å². The lowest BCUT2D eigenvalue weighted by Gasteiger charge is -2.33. The van der Waals surface area contributed by atoms with Gasteiger partial charge in [0.05, 0.1) is 26.4 Å². The molecule has 3 aliphatic rings. The van der Waals surface area contributed by atoms with Gasteiger partial charge in [0.25, 0.3) is 0 Å². The minimum Gasteiger partial charge on any atom is -0.379 e. The Morgan fingerprint density at radius 1 is 0.781 bits per heavy atom. The summed E-state index contributed by atoms with van der Waals surface area (Å²) < 4.78 is 18.2. The van der Waals surface area contributed by atoms with Crippen molar-refractivity contribution in [3.05, 3.63) is 60.2 Å². The van der Waals surface area contributed by atoms with Crippen LogP contribution in [0.3, 0.4) is 0 Å². The van der Waals surface area contributed by atoms with E-state index in [1.165, 1.54) is 37.9 Å². The smallest absolute Gasteiger partial charge is 0.207 e. The second kappa shape index (κ2) is 12.7. The van der Waals surface area contributed by atoms with Crippen LogP contribution in [0.25, 0.3) is 0 Å². The Morgan fingerprint density at radius 2 is 1.38 bits per heavy atom. The third kappa shape index (κ3) is 7.26. The van der Waals surface area contributed by atoms with Crippen LogP contribution in [-0.2, 0) is 14.2 Å². The summed E-state index contributed by atoms with van der Waals surface area (Å²) in [7, 11) is 0. The molecule has 0 radical (unpaired) electrons. The van der Waals surface area contributed by atoms with Gasteiger partial charge in [0, 0.05) is 32.1 Å². The molecule has 0 atom stereocenters. The molecular weight excluding hydrogens is 400 g/mol. The molecule has 1 aliphatic carbocycles. The molecule has 2 fully saturated rings. The zero-order valence-corrected chi connectivity index (χ0v) is 19.5. The Kier molecular flexibility index (Phi) is 9.36. The second-order valence-corrected chi connectivity index (χ2v) is 9.14. The first-order valence-corrected chi connectivity index (χ1v) is 12.6. The fourth-order valence-corrected chi connectivity index (χ4v) is 4.77. The molecule has 0 spiro atoms. The average Bonchev–Trinajstić information content (AvgIpc) is 2.87. The van der Waals surface area contributed by atoms with E-state index in [1.54, 1.807) is 0 Å². The van der Waals surface area contributed by atoms with Gasteiger partial charge in [-0.25, -0.2) is 0 Å². The molecule has 0 saturated carbocycles. The molecule has 5 nitrogen and oxygen atoms in total. The van der Waals surface area contributed by atoms with Crippen molar-refractivity contribution in [2.45, 2.75) is 43.8 Å². The number of ether oxygens (including phenoxy) is 3. The van der Waals surface area contributed by atoms with E-state index in [0.717, 1.165) is 52.2 Å². The summed E-state index contributed by atoms with van der Waals surface area (Å²) in [6.07, 6.45) is 14.8. The lowest BCUT2D eigenvalue weighted by atomic mass is 9.93. The molecule has 4 rings (SSSR count). The molecule has 0 N–H and O–H groups in total. The Balaban J connectivity index is 1.28. The zero-order valence-electron chi connectivity index (χ0n) is 19.5. The largest absolute Gasteiger partial charge is 0.379 e. The molecule has 2 saturated heterocycles. The molecule has 0 unspecified atom stereocenters. The van der Waals surface area contributed by atoms with Gasteiger partial charge in [0.2, 0.25) is 5.79 Å². The number of piperidine rings is 1. The Bertz CT molecular complexity index is 667. The SMILES string of the molecule is C1=CC(OCCCN2CCCCC2)(OCCCN2CCOCC2)C=CC1c1ccccc1. The standard InChI is InChI=1S/C27H40N2O3/c1-3-9-25(10-4-1)26-11-13-27(14-12-26,31-21-7-17-28-15-5-2-6-16-28)32-22-8-18-29-19-23-30-24-20-29/h1,3-4,9-14,26H,2,5-8,15-24H2. The van der Waals surface area contributed by atoms with E-state index < -0.39 is 5.79 Å². The summed E-state index contributed by atoms with van der Waals surface area (Å²) in [5, 5.41) is 0. The molecule has 176 valence electrons. The molecule has 5 heteroatoms. The lowest BCUT2D eigenvalue weighted by Crippen LogP contribution is -2.38. The quantitative estimate of drug-likeness (QED) is 0.292. The fourth-order valence-electron chi connectivity index (χ4n) is 4.77.